The number of benzene rings is 1. The summed E-state index contributed by atoms with van der Waals surface area (Å²) in [4.78, 5) is 0.289. The summed E-state index contributed by atoms with van der Waals surface area (Å²) in [5.41, 5.74) is 0.938. The van der Waals surface area contributed by atoms with Crippen LogP contribution in [-0.4, -0.2) is 26.7 Å². The first-order valence-electron chi connectivity index (χ1n) is 6.72. The minimum atomic E-state index is -3.41. The monoisotopic (exact) mass is 283 g/mol. The van der Waals surface area contributed by atoms with Gasteiger partial charge >= 0.3 is 0 Å². The second-order valence-corrected chi connectivity index (χ2v) is 7.05. The summed E-state index contributed by atoms with van der Waals surface area (Å²) in [6, 6.07) is 6.68. The van der Waals surface area contributed by atoms with E-state index in [1.54, 1.807) is 24.3 Å². The van der Waals surface area contributed by atoms with Crippen LogP contribution in [0.2, 0.25) is 0 Å². The maximum Gasteiger partial charge on any atom is 0.240 e. The average Bonchev–Trinajstić information content (AvgIpc) is 3.21. The first-order chi connectivity index (χ1) is 9.03. The lowest BCUT2D eigenvalue weighted by molar-refractivity contribution is 0.299. The van der Waals surface area contributed by atoms with Gasteiger partial charge in [0.25, 0.3) is 0 Å². The Morgan fingerprint density at radius 2 is 1.95 bits per heavy atom. The second-order valence-electron chi connectivity index (χ2n) is 5.28. The van der Waals surface area contributed by atoms with Crippen LogP contribution >= 0.6 is 0 Å². The molecule has 0 aliphatic heterocycles. The van der Waals surface area contributed by atoms with Crippen molar-refractivity contribution in [1.82, 2.24) is 4.72 Å². The summed E-state index contributed by atoms with van der Waals surface area (Å²) in [6.07, 6.45) is 2.99. The molecule has 0 radical (unpaired) electrons. The van der Waals surface area contributed by atoms with Crippen molar-refractivity contribution in [3.05, 3.63) is 29.8 Å². The summed E-state index contributed by atoms with van der Waals surface area (Å²) in [5.74, 6) is 1.10. The Morgan fingerprint density at radius 1 is 1.32 bits per heavy atom. The van der Waals surface area contributed by atoms with Crippen LogP contribution in [0.25, 0.3) is 0 Å². The first kappa shape index (κ1) is 14.5. The van der Waals surface area contributed by atoms with E-state index in [0.717, 1.165) is 5.56 Å². The molecule has 0 heterocycles. The van der Waals surface area contributed by atoms with Crippen molar-refractivity contribution in [1.29, 1.82) is 0 Å². The Hall–Kier alpha value is -0.910. The highest BCUT2D eigenvalue weighted by Gasteiger charge is 2.28. The number of rotatable bonds is 7. The van der Waals surface area contributed by atoms with E-state index in [0.29, 0.717) is 24.8 Å². The standard InChI is InChI=1S/C14H21NO3S/c1-11(13-4-5-13)10-15-19(17,18)14-6-2-12(3-7-14)8-9-16/h2-3,6-7,11,13,15-16H,4-5,8-10H2,1H3. The van der Waals surface area contributed by atoms with Gasteiger partial charge < -0.3 is 5.11 Å². The Bertz CT molecular complexity index is 506. The smallest absolute Gasteiger partial charge is 0.240 e. The van der Waals surface area contributed by atoms with Crippen LogP contribution in [0.15, 0.2) is 29.2 Å². The molecule has 1 aromatic carbocycles. The van der Waals surface area contributed by atoms with Crippen LogP contribution in [0.1, 0.15) is 25.3 Å². The molecule has 1 fully saturated rings. The SMILES string of the molecule is CC(CNS(=O)(=O)c1ccc(CCO)cc1)C1CC1. The van der Waals surface area contributed by atoms with Crippen LogP contribution in [0.4, 0.5) is 0 Å². The van der Waals surface area contributed by atoms with Crippen molar-refractivity contribution in [2.24, 2.45) is 11.8 Å². The Kier molecular flexibility index (Phi) is 4.60. The van der Waals surface area contributed by atoms with E-state index in [9.17, 15) is 8.42 Å². The van der Waals surface area contributed by atoms with Gasteiger partial charge in [0.1, 0.15) is 0 Å². The third kappa shape index (κ3) is 4.03. The fourth-order valence-electron chi connectivity index (χ4n) is 2.12. The molecule has 5 heteroatoms. The number of sulfonamides is 1. The molecule has 0 aromatic heterocycles. The lowest BCUT2D eigenvalue weighted by Crippen LogP contribution is -2.29. The number of nitrogens with one attached hydrogen (secondary N) is 1. The van der Waals surface area contributed by atoms with Gasteiger partial charge in [-0.15, -0.1) is 0 Å². The van der Waals surface area contributed by atoms with E-state index in [2.05, 4.69) is 11.6 Å². The normalized spacial score (nSPS) is 17.4. The Labute approximate surface area is 114 Å². The zero-order valence-electron chi connectivity index (χ0n) is 11.2. The van der Waals surface area contributed by atoms with Crippen molar-refractivity contribution >= 4 is 10.0 Å². The maximum absolute atomic E-state index is 12.1. The summed E-state index contributed by atoms with van der Waals surface area (Å²) in [7, 11) is -3.41. The highest BCUT2D eigenvalue weighted by Crippen LogP contribution is 2.36. The molecular weight excluding hydrogens is 262 g/mol. The molecule has 0 spiro atoms. The topological polar surface area (TPSA) is 66.4 Å². The van der Waals surface area contributed by atoms with Gasteiger partial charge in [0, 0.05) is 13.2 Å². The average molecular weight is 283 g/mol. The number of hydrogen-bond donors (Lipinski definition) is 2. The van der Waals surface area contributed by atoms with Gasteiger partial charge in [-0.1, -0.05) is 19.1 Å². The van der Waals surface area contributed by atoms with Gasteiger partial charge in [-0.2, -0.15) is 0 Å². The lowest BCUT2D eigenvalue weighted by atomic mass is 10.1. The Morgan fingerprint density at radius 3 is 2.47 bits per heavy atom. The molecule has 2 N–H and O–H groups in total. The highest BCUT2D eigenvalue weighted by atomic mass is 32.2. The molecule has 4 nitrogen and oxygen atoms in total. The molecule has 19 heavy (non-hydrogen) atoms. The number of aliphatic hydroxyl groups is 1. The highest BCUT2D eigenvalue weighted by molar-refractivity contribution is 7.89. The predicted octanol–water partition coefficient (Wildman–Crippen LogP) is 1.55. The van der Waals surface area contributed by atoms with Gasteiger partial charge in [-0.3, -0.25) is 0 Å². The van der Waals surface area contributed by atoms with Crippen molar-refractivity contribution in [2.45, 2.75) is 31.1 Å². The second kappa shape index (κ2) is 6.03. The van der Waals surface area contributed by atoms with E-state index < -0.39 is 10.0 Å². The van der Waals surface area contributed by atoms with Crippen LogP contribution in [0.5, 0.6) is 0 Å². The summed E-state index contributed by atoms with van der Waals surface area (Å²) in [6.45, 7) is 2.67. The molecule has 1 unspecified atom stereocenters. The van der Waals surface area contributed by atoms with Crippen LogP contribution in [0.3, 0.4) is 0 Å². The molecule has 1 aliphatic carbocycles. The molecule has 1 aromatic rings. The lowest BCUT2D eigenvalue weighted by Gasteiger charge is -2.12. The Balaban J connectivity index is 1.97. The van der Waals surface area contributed by atoms with Gasteiger partial charge in [-0.05, 0) is 48.8 Å². The zero-order chi connectivity index (χ0) is 13.9. The zero-order valence-corrected chi connectivity index (χ0v) is 12.0. The molecular formula is C14H21NO3S. The van der Waals surface area contributed by atoms with Crippen molar-refractivity contribution < 1.29 is 13.5 Å². The molecule has 2 rings (SSSR count). The number of hydrogen-bond acceptors (Lipinski definition) is 3. The van der Waals surface area contributed by atoms with Crippen molar-refractivity contribution in [3.63, 3.8) is 0 Å². The van der Waals surface area contributed by atoms with Gasteiger partial charge in [0.2, 0.25) is 10.0 Å². The quantitative estimate of drug-likeness (QED) is 0.798. The van der Waals surface area contributed by atoms with Crippen LogP contribution < -0.4 is 4.72 Å². The summed E-state index contributed by atoms with van der Waals surface area (Å²) < 4.78 is 26.8. The molecule has 1 saturated carbocycles. The van der Waals surface area contributed by atoms with E-state index in [1.807, 2.05) is 0 Å². The van der Waals surface area contributed by atoms with Crippen LogP contribution in [0, 0.1) is 11.8 Å². The maximum atomic E-state index is 12.1. The molecule has 1 aliphatic rings. The molecule has 0 amide bonds. The fraction of sp³-hybridized carbons (Fsp3) is 0.571. The molecule has 0 saturated heterocycles. The predicted molar refractivity (Wildman–Crippen MR) is 74.3 cm³/mol. The van der Waals surface area contributed by atoms with E-state index in [-0.39, 0.29) is 11.5 Å². The van der Waals surface area contributed by atoms with E-state index in [4.69, 9.17) is 5.11 Å². The van der Waals surface area contributed by atoms with E-state index >= 15 is 0 Å². The number of aliphatic hydroxyl groups excluding tert-OH is 1. The summed E-state index contributed by atoms with van der Waals surface area (Å²) >= 11 is 0. The van der Waals surface area contributed by atoms with E-state index in [1.165, 1.54) is 12.8 Å². The minimum Gasteiger partial charge on any atom is -0.396 e. The van der Waals surface area contributed by atoms with Gasteiger partial charge in [-0.25, -0.2) is 13.1 Å². The minimum absolute atomic E-state index is 0.0727. The largest absolute Gasteiger partial charge is 0.396 e. The third-order valence-corrected chi connectivity index (χ3v) is 5.10. The fourth-order valence-corrected chi connectivity index (χ4v) is 3.26. The molecule has 106 valence electrons. The third-order valence-electron chi connectivity index (χ3n) is 3.66. The van der Waals surface area contributed by atoms with Gasteiger partial charge in [0.15, 0.2) is 0 Å². The molecule has 0 bridgehead atoms. The van der Waals surface area contributed by atoms with Crippen molar-refractivity contribution in [2.75, 3.05) is 13.2 Å². The first-order valence-corrected chi connectivity index (χ1v) is 8.20. The van der Waals surface area contributed by atoms with Crippen LogP contribution in [-0.2, 0) is 16.4 Å². The van der Waals surface area contributed by atoms with Crippen molar-refractivity contribution in [3.8, 4) is 0 Å². The summed E-state index contributed by atoms with van der Waals surface area (Å²) in [5, 5.41) is 8.82. The molecule has 1 atom stereocenters. The van der Waals surface area contributed by atoms with Gasteiger partial charge in [0.05, 0.1) is 4.90 Å².